The Morgan fingerprint density at radius 1 is 1.14 bits per heavy atom. The number of hydrogen-bond donors (Lipinski definition) is 1. The molecule has 2 aromatic rings. The zero-order valence-electron chi connectivity index (χ0n) is 17.4. The van der Waals surface area contributed by atoms with Crippen LogP contribution in [0.2, 0.25) is 0 Å². The van der Waals surface area contributed by atoms with Gasteiger partial charge in [-0.05, 0) is 72.5 Å². The van der Waals surface area contributed by atoms with Crippen molar-refractivity contribution >= 4 is 34.6 Å². The molecule has 6 heteroatoms. The molecule has 0 aromatic heterocycles. The molecule has 0 saturated carbocycles. The Morgan fingerprint density at radius 2 is 1.93 bits per heavy atom. The molecule has 0 unspecified atom stereocenters. The molecule has 1 N–H and O–H groups in total. The lowest BCUT2D eigenvalue weighted by Crippen LogP contribution is -2.19. The number of aryl methyl sites for hydroxylation is 2. The SMILES string of the molecule is COc1cc(/C=C2\SC(=Nc3cc(C)ccc3C)NC2=O)ccc1OCC(C)C. The van der Waals surface area contributed by atoms with Gasteiger partial charge in [0.2, 0.25) is 0 Å². The molecule has 1 aliphatic rings. The van der Waals surface area contributed by atoms with Crippen molar-refractivity contribution in [3.63, 3.8) is 0 Å². The second-order valence-corrected chi connectivity index (χ2v) is 8.42. The van der Waals surface area contributed by atoms with Gasteiger partial charge in [0, 0.05) is 0 Å². The van der Waals surface area contributed by atoms with E-state index >= 15 is 0 Å². The Labute approximate surface area is 176 Å². The van der Waals surface area contributed by atoms with E-state index in [1.807, 2.05) is 56.3 Å². The van der Waals surface area contributed by atoms with Gasteiger partial charge in [-0.2, -0.15) is 0 Å². The van der Waals surface area contributed by atoms with E-state index in [-0.39, 0.29) is 5.91 Å². The van der Waals surface area contributed by atoms with Crippen LogP contribution in [0, 0.1) is 19.8 Å². The number of amides is 1. The van der Waals surface area contributed by atoms with E-state index in [0.29, 0.717) is 34.1 Å². The van der Waals surface area contributed by atoms with E-state index in [0.717, 1.165) is 22.4 Å². The Bertz CT molecular complexity index is 980. The maximum Gasteiger partial charge on any atom is 0.264 e. The highest BCUT2D eigenvalue weighted by Crippen LogP contribution is 2.33. The van der Waals surface area contributed by atoms with Crippen LogP contribution in [0.4, 0.5) is 5.69 Å². The van der Waals surface area contributed by atoms with Crippen molar-refractivity contribution in [2.24, 2.45) is 10.9 Å². The van der Waals surface area contributed by atoms with Gasteiger partial charge in [0.15, 0.2) is 16.7 Å². The summed E-state index contributed by atoms with van der Waals surface area (Å²) < 4.78 is 11.2. The molecule has 1 saturated heterocycles. The van der Waals surface area contributed by atoms with Gasteiger partial charge in [-0.3, -0.25) is 4.79 Å². The van der Waals surface area contributed by atoms with E-state index in [4.69, 9.17) is 9.47 Å². The summed E-state index contributed by atoms with van der Waals surface area (Å²) in [7, 11) is 1.61. The van der Waals surface area contributed by atoms with Crippen LogP contribution in [0.25, 0.3) is 6.08 Å². The number of amidine groups is 1. The minimum Gasteiger partial charge on any atom is -0.493 e. The molecule has 1 fully saturated rings. The molecule has 0 bridgehead atoms. The molecular weight excluding hydrogens is 384 g/mol. The van der Waals surface area contributed by atoms with Crippen LogP contribution in [0.1, 0.15) is 30.5 Å². The lowest BCUT2D eigenvalue weighted by molar-refractivity contribution is -0.115. The number of hydrogen-bond acceptors (Lipinski definition) is 5. The topological polar surface area (TPSA) is 59.9 Å². The lowest BCUT2D eigenvalue weighted by atomic mass is 10.1. The fraction of sp³-hybridized carbons (Fsp3) is 0.304. The molecule has 1 amide bonds. The van der Waals surface area contributed by atoms with Gasteiger partial charge in [0.1, 0.15) is 0 Å². The molecule has 0 aliphatic carbocycles. The van der Waals surface area contributed by atoms with Crippen molar-refractivity contribution in [3.8, 4) is 11.5 Å². The summed E-state index contributed by atoms with van der Waals surface area (Å²) in [6, 6.07) is 11.7. The Morgan fingerprint density at radius 3 is 2.66 bits per heavy atom. The van der Waals surface area contributed by atoms with Gasteiger partial charge in [-0.15, -0.1) is 0 Å². The molecule has 1 aliphatic heterocycles. The van der Waals surface area contributed by atoms with Crippen molar-refractivity contribution in [2.45, 2.75) is 27.7 Å². The number of benzene rings is 2. The summed E-state index contributed by atoms with van der Waals surface area (Å²) >= 11 is 1.33. The first-order chi connectivity index (χ1) is 13.9. The fourth-order valence-corrected chi connectivity index (χ4v) is 3.57. The van der Waals surface area contributed by atoms with Crippen molar-refractivity contribution < 1.29 is 14.3 Å². The van der Waals surface area contributed by atoms with Crippen LogP contribution in [-0.4, -0.2) is 24.8 Å². The average molecular weight is 411 g/mol. The van der Waals surface area contributed by atoms with Crippen molar-refractivity contribution in [2.75, 3.05) is 13.7 Å². The van der Waals surface area contributed by atoms with E-state index in [2.05, 4.69) is 24.2 Å². The van der Waals surface area contributed by atoms with Gasteiger partial charge in [-0.1, -0.05) is 32.0 Å². The number of carbonyl (C=O) groups is 1. The number of nitrogens with one attached hydrogen (secondary N) is 1. The maximum atomic E-state index is 12.4. The number of methoxy groups -OCH3 is 1. The third kappa shape index (κ3) is 5.41. The molecule has 5 nitrogen and oxygen atoms in total. The fourth-order valence-electron chi connectivity index (χ4n) is 2.73. The summed E-state index contributed by atoms with van der Waals surface area (Å²) in [6.45, 7) is 8.84. The zero-order chi connectivity index (χ0) is 21.0. The number of carbonyl (C=O) groups excluding carboxylic acids is 1. The molecule has 0 atom stereocenters. The third-order valence-electron chi connectivity index (χ3n) is 4.30. The van der Waals surface area contributed by atoms with Gasteiger partial charge in [0.25, 0.3) is 5.91 Å². The number of ether oxygens (including phenoxy) is 2. The largest absolute Gasteiger partial charge is 0.493 e. The first kappa shape index (κ1) is 21.0. The van der Waals surface area contributed by atoms with Crippen LogP contribution >= 0.6 is 11.8 Å². The van der Waals surface area contributed by atoms with E-state index < -0.39 is 0 Å². The minimum atomic E-state index is -0.154. The van der Waals surface area contributed by atoms with Gasteiger partial charge >= 0.3 is 0 Å². The van der Waals surface area contributed by atoms with E-state index in [1.54, 1.807) is 7.11 Å². The van der Waals surface area contributed by atoms with Gasteiger partial charge in [0.05, 0.1) is 24.3 Å². The monoisotopic (exact) mass is 410 g/mol. The lowest BCUT2D eigenvalue weighted by Gasteiger charge is -2.12. The standard InChI is InChI=1S/C23H26N2O3S/c1-14(2)13-28-19-9-8-17(11-20(19)27-5)12-21-22(26)25-23(29-21)24-18-10-15(3)6-7-16(18)4/h6-12,14H,13H2,1-5H3,(H,24,25,26)/b21-12-. The van der Waals surface area contributed by atoms with E-state index in [1.165, 1.54) is 11.8 Å². The Balaban J connectivity index is 1.81. The summed E-state index contributed by atoms with van der Waals surface area (Å²) in [5.74, 6) is 1.62. The van der Waals surface area contributed by atoms with Crippen molar-refractivity contribution in [3.05, 3.63) is 58.0 Å². The molecule has 2 aromatic carbocycles. The minimum absolute atomic E-state index is 0.154. The molecule has 1 heterocycles. The van der Waals surface area contributed by atoms with Crippen LogP contribution < -0.4 is 14.8 Å². The summed E-state index contributed by atoms with van der Waals surface area (Å²) in [5, 5.41) is 3.42. The zero-order valence-corrected chi connectivity index (χ0v) is 18.2. The second-order valence-electron chi connectivity index (χ2n) is 7.39. The number of aliphatic imine (C=N–C) groups is 1. The first-order valence-corrected chi connectivity index (χ1v) is 10.3. The number of rotatable bonds is 6. The molecule has 3 rings (SSSR count). The summed E-state index contributed by atoms with van der Waals surface area (Å²) in [5.41, 5.74) is 3.93. The first-order valence-electron chi connectivity index (χ1n) is 9.53. The maximum absolute atomic E-state index is 12.4. The average Bonchev–Trinajstić information content (AvgIpc) is 3.02. The second kappa shape index (κ2) is 9.18. The predicted molar refractivity (Wildman–Crippen MR) is 120 cm³/mol. The predicted octanol–water partition coefficient (Wildman–Crippen LogP) is 5.24. The van der Waals surface area contributed by atoms with Crippen molar-refractivity contribution in [1.29, 1.82) is 0 Å². The van der Waals surface area contributed by atoms with E-state index in [9.17, 15) is 4.79 Å². The highest BCUT2D eigenvalue weighted by Gasteiger charge is 2.24. The number of thioether (sulfide) groups is 1. The smallest absolute Gasteiger partial charge is 0.264 e. The molecule has 29 heavy (non-hydrogen) atoms. The van der Waals surface area contributed by atoms with Crippen molar-refractivity contribution in [1.82, 2.24) is 5.32 Å². The Hall–Kier alpha value is -2.73. The highest BCUT2D eigenvalue weighted by atomic mass is 32.2. The normalized spacial score (nSPS) is 16.6. The number of nitrogens with zero attached hydrogens (tertiary/aromatic N) is 1. The van der Waals surface area contributed by atoms with Crippen LogP contribution in [0.15, 0.2) is 46.3 Å². The third-order valence-corrected chi connectivity index (χ3v) is 5.20. The molecular formula is C23H26N2O3S. The Kier molecular flexibility index (Phi) is 6.64. The van der Waals surface area contributed by atoms with Crippen LogP contribution in [-0.2, 0) is 4.79 Å². The summed E-state index contributed by atoms with van der Waals surface area (Å²) in [6.07, 6.45) is 1.83. The molecule has 0 radical (unpaired) electrons. The van der Waals surface area contributed by atoms with Crippen LogP contribution in [0.3, 0.4) is 0 Å². The summed E-state index contributed by atoms with van der Waals surface area (Å²) in [4.78, 5) is 17.6. The molecule has 152 valence electrons. The highest BCUT2D eigenvalue weighted by molar-refractivity contribution is 8.18. The van der Waals surface area contributed by atoms with Gasteiger partial charge < -0.3 is 14.8 Å². The quantitative estimate of drug-likeness (QED) is 0.662. The van der Waals surface area contributed by atoms with Gasteiger partial charge in [-0.25, -0.2) is 4.99 Å². The van der Waals surface area contributed by atoms with Crippen LogP contribution in [0.5, 0.6) is 11.5 Å². The molecule has 0 spiro atoms.